The van der Waals surface area contributed by atoms with Crippen LogP contribution in [-0.4, -0.2) is 41.1 Å². The molecular formula is C60H48N6OS. The monoisotopic (exact) mass is 900 g/mol. The number of fused-ring (bicyclic) bond motifs is 13. The average Bonchev–Trinajstić information content (AvgIpc) is 3.97. The minimum Gasteiger partial charge on any atom is -0.400 e. The van der Waals surface area contributed by atoms with Crippen LogP contribution in [0.25, 0.3) is 100.0 Å². The second kappa shape index (κ2) is 18.0. The van der Waals surface area contributed by atoms with Crippen LogP contribution in [0.15, 0.2) is 187 Å². The average molecular weight is 901 g/mol. The first-order chi connectivity index (χ1) is 33.6. The molecule has 4 aromatic heterocycles. The molecule has 330 valence electrons. The van der Waals surface area contributed by atoms with Crippen LogP contribution in [0, 0.1) is 11.3 Å². The topological polar surface area (TPSA) is 84.6 Å². The van der Waals surface area contributed by atoms with E-state index in [1.807, 2.05) is 55.1 Å². The number of nitrogens with zero attached hydrogens (tertiary/aromatic N) is 6. The van der Waals surface area contributed by atoms with Gasteiger partial charge in [0.25, 0.3) is 0 Å². The van der Waals surface area contributed by atoms with Crippen LogP contribution >= 0.6 is 11.8 Å². The maximum absolute atomic E-state index is 9.39. The molecule has 0 amide bonds. The summed E-state index contributed by atoms with van der Waals surface area (Å²) < 4.78 is 7.59. The molecule has 0 saturated heterocycles. The Hall–Kier alpha value is -7.96. The third-order valence-electron chi connectivity index (χ3n) is 13.1. The van der Waals surface area contributed by atoms with Gasteiger partial charge < -0.3 is 18.8 Å². The molecule has 0 radical (unpaired) electrons. The van der Waals surface area contributed by atoms with Crippen LogP contribution in [0.3, 0.4) is 0 Å². The second-order valence-corrected chi connectivity index (χ2v) is 18.4. The Balaban J connectivity index is 0.000000978. The number of nitriles is 1. The molecule has 0 spiro atoms. The predicted molar refractivity (Wildman–Crippen MR) is 286 cm³/mol. The summed E-state index contributed by atoms with van der Waals surface area (Å²) in [4.78, 5) is 11.4. The first-order valence-electron chi connectivity index (χ1n) is 23.1. The lowest BCUT2D eigenvalue weighted by Crippen LogP contribution is -2.31. The number of hydrogen-bond acceptors (Lipinski definition) is 5. The van der Waals surface area contributed by atoms with Gasteiger partial charge in [-0.15, -0.1) is 18.3 Å². The van der Waals surface area contributed by atoms with Gasteiger partial charge in [0.2, 0.25) is 0 Å². The van der Waals surface area contributed by atoms with Gasteiger partial charge in [0, 0.05) is 61.0 Å². The summed E-state index contributed by atoms with van der Waals surface area (Å²) in [7, 11) is 1.00. The summed E-state index contributed by atoms with van der Waals surface area (Å²) >= 11 is 1.88. The van der Waals surface area contributed by atoms with E-state index in [0.717, 1.165) is 59.5 Å². The predicted octanol–water partition coefficient (Wildman–Crippen LogP) is 13.2. The highest BCUT2D eigenvalue weighted by molar-refractivity contribution is 8.00. The fraction of sp³-hybridized carbons (Fsp3) is 0.117. The zero-order valence-corrected chi connectivity index (χ0v) is 38.7. The molecule has 7 aromatic carbocycles. The Morgan fingerprint density at radius 1 is 0.618 bits per heavy atom. The number of rotatable bonds is 5. The van der Waals surface area contributed by atoms with Crippen LogP contribution in [0.2, 0.25) is 0 Å². The molecule has 0 bridgehead atoms. The Morgan fingerprint density at radius 2 is 1.19 bits per heavy atom. The molecule has 13 rings (SSSR count). The second-order valence-electron chi connectivity index (χ2n) is 17.0. The van der Waals surface area contributed by atoms with E-state index >= 15 is 0 Å². The van der Waals surface area contributed by atoms with Gasteiger partial charge in [0.1, 0.15) is 0 Å². The molecule has 2 aliphatic carbocycles. The number of allylic oxidation sites excluding steroid dienone is 4. The molecule has 2 aliphatic rings. The summed E-state index contributed by atoms with van der Waals surface area (Å²) in [6.07, 6.45) is 16.1. The minimum absolute atomic E-state index is 0.119. The summed E-state index contributed by atoms with van der Waals surface area (Å²) in [5, 5.41) is 26.1. The molecule has 1 N–H and O–H groups in total. The van der Waals surface area contributed by atoms with E-state index in [2.05, 4.69) is 172 Å². The van der Waals surface area contributed by atoms with E-state index in [9.17, 15) is 5.26 Å². The zero-order valence-electron chi connectivity index (χ0n) is 37.9. The molecule has 11 aromatic rings. The number of aliphatic hydroxyl groups excluding tert-OH is 1. The minimum atomic E-state index is 0.119. The van der Waals surface area contributed by atoms with Crippen molar-refractivity contribution in [1.29, 1.82) is 5.26 Å². The Bertz CT molecular complexity index is 4000. The molecule has 4 heterocycles. The lowest BCUT2D eigenvalue weighted by atomic mass is 10.0. The molecule has 2 unspecified atom stereocenters. The van der Waals surface area contributed by atoms with Gasteiger partial charge in [-0.3, -0.25) is 0 Å². The molecule has 68 heavy (non-hydrogen) atoms. The number of thioether (sulfide) groups is 1. The number of hydrogen-bond donors (Lipinski definition) is 1. The van der Waals surface area contributed by atoms with Gasteiger partial charge in [-0.05, 0) is 105 Å². The van der Waals surface area contributed by atoms with E-state index in [1.54, 1.807) is 6.08 Å². The Labute approximate surface area is 398 Å². The van der Waals surface area contributed by atoms with E-state index in [0.29, 0.717) is 10.8 Å². The number of benzene rings is 7. The van der Waals surface area contributed by atoms with Crippen molar-refractivity contribution in [3.05, 3.63) is 199 Å². The van der Waals surface area contributed by atoms with Crippen LogP contribution in [0.4, 0.5) is 0 Å². The molecule has 0 saturated carbocycles. The summed E-state index contributed by atoms with van der Waals surface area (Å²) in [5.74, 6) is 0. The molecule has 0 fully saturated rings. The SMILES string of the molecule is C=CC.CO.N#Cc1ccc(SC2C=CC(n3c4c(ccc5c4c4ccccc4n5C4=CCC=c5nc6ccccc6nc5=C4)c4ccc5c(c6ccccc6n5-c5ccccc5)c43)CC2)cc1. The van der Waals surface area contributed by atoms with Gasteiger partial charge in [-0.25, -0.2) is 9.97 Å². The summed E-state index contributed by atoms with van der Waals surface area (Å²) in [5.41, 5.74) is 12.0. The summed E-state index contributed by atoms with van der Waals surface area (Å²) in [6.45, 7) is 5.25. The van der Waals surface area contributed by atoms with Crippen LogP contribution in [-0.2, 0) is 0 Å². The molecule has 8 heteroatoms. The first kappa shape index (κ1) is 42.7. The van der Waals surface area contributed by atoms with Crippen molar-refractivity contribution in [1.82, 2.24) is 23.7 Å². The largest absolute Gasteiger partial charge is 0.400 e. The van der Waals surface area contributed by atoms with Gasteiger partial charge in [0.15, 0.2) is 0 Å². The van der Waals surface area contributed by atoms with Crippen LogP contribution in [0.5, 0.6) is 0 Å². The number of para-hydroxylation sites is 5. The Morgan fingerprint density at radius 3 is 1.81 bits per heavy atom. The van der Waals surface area contributed by atoms with Crippen molar-refractivity contribution in [2.45, 2.75) is 42.4 Å². The number of aromatic nitrogens is 5. The van der Waals surface area contributed by atoms with Crippen LogP contribution < -0.4 is 10.7 Å². The van der Waals surface area contributed by atoms with Crippen molar-refractivity contribution >= 4 is 106 Å². The normalized spacial score (nSPS) is 15.5. The lowest BCUT2D eigenvalue weighted by molar-refractivity contribution is 0.399. The maximum Gasteiger partial charge on any atom is 0.0991 e. The van der Waals surface area contributed by atoms with Gasteiger partial charge in [0.05, 0.1) is 72.5 Å². The highest BCUT2D eigenvalue weighted by Gasteiger charge is 2.28. The molecular weight excluding hydrogens is 853 g/mol. The van der Waals surface area contributed by atoms with E-state index < -0.39 is 0 Å². The van der Waals surface area contributed by atoms with E-state index in [4.69, 9.17) is 15.1 Å². The van der Waals surface area contributed by atoms with Crippen molar-refractivity contribution in [2.75, 3.05) is 7.11 Å². The first-order valence-corrected chi connectivity index (χ1v) is 24.0. The molecule has 7 nitrogen and oxygen atoms in total. The fourth-order valence-electron chi connectivity index (χ4n) is 10.4. The van der Waals surface area contributed by atoms with Crippen molar-refractivity contribution in [3.63, 3.8) is 0 Å². The lowest BCUT2D eigenvalue weighted by Gasteiger charge is -2.26. The molecule has 2 atom stereocenters. The Kier molecular flexibility index (Phi) is 11.3. The quantitative estimate of drug-likeness (QED) is 0.174. The standard InChI is InChI=1S/C56H38N6S.C3H6.CH4O/c57-34-35-21-25-39(26-22-35)63-40-27-23-37(24-28-40)62-55-41(29-31-51-53(55)43-14-4-8-19-49(43)60(51)36-11-2-1-3-12-36)42-30-32-52-54(56(42)62)44-15-5-9-20-50(44)61(52)38-13-10-18-47-48(33-38)59-46-17-7-6-16-45(46)58-47;1-3-2;1-2/h1-9,11-23,25-27,29-33,37,40H,10,24,28H2;3H,1H2,2H3;2H,1H3. The third-order valence-corrected chi connectivity index (χ3v) is 14.4. The number of aliphatic hydroxyl groups is 1. The smallest absolute Gasteiger partial charge is 0.0991 e. The van der Waals surface area contributed by atoms with E-state index in [-0.39, 0.29) is 6.04 Å². The van der Waals surface area contributed by atoms with Crippen molar-refractivity contribution in [2.24, 2.45) is 0 Å². The highest BCUT2D eigenvalue weighted by Crippen LogP contribution is 2.48. The van der Waals surface area contributed by atoms with E-state index in [1.165, 1.54) is 70.3 Å². The fourth-order valence-corrected chi connectivity index (χ4v) is 11.5. The van der Waals surface area contributed by atoms with Crippen LogP contribution in [0.1, 0.15) is 37.8 Å². The summed E-state index contributed by atoms with van der Waals surface area (Å²) in [6, 6.07) is 56.5. The van der Waals surface area contributed by atoms with Gasteiger partial charge in [-0.1, -0.05) is 109 Å². The van der Waals surface area contributed by atoms with Gasteiger partial charge >= 0.3 is 0 Å². The van der Waals surface area contributed by atoms with Crippen molar-refractivity contribution in [3.8, 4) is 11.8 Å². The highest BCUT2D eigenvalue weighted by atomic mass is 32.2. The zero-order chi connectivity index (χ0) is 46.3. The van der Waals surface area contributed by atoms with Gasteiger partial charge in [-0.2, -0.15) is 5.26 Å². The molecule has 0 aliphatic heterocycles. The third kappa shape index (κ3) is 7.10. The maximum atomic E-state index is 9.39. The van der Waals surface area contributed by atoms with Crippen molar-refractivity contribution < 1.29 is 5.11 Å².